The number of hydrogen-bond donors (Lipinski definition) is 3. The zero-order chi connectivity index (χ0) is 9.42. The van der Waals surface area contributed by atoms with Gasteiger partial charge in [0.2, 0.25) is 0 Å². The topological polar surface area (TPSA) is 90.1 Å². The number of aliphatic imine (C=N–C) groups is 1. The lowest BCUT2D eigenvalue weighted by Gasteiger charge is -2.12. The summed E-state index contributed by atoms with van der Waals surface area (Å²) in [6.45, 7) is 2.35. The maximum atomic E-state index is 11.2. The molecule has 0 aliphatic carbocycles. The predicted molar refractivity (Wildman–Crippen MR) is 48.9 cm³/mol. The third-order valence-corrected chi connectivity index (χ3v) is 1.74. The van der Waals surface area contributed by atoms with Crippen molar-refractivity contribution in [3.05, 3.63) is 20.8 Å². The molecule has 1 aromatic heterocycles. The molecule has 0 aromatic carbocycles. The van der Waals surface area contributed by atoms with Crippen LogP contribution in [0.1, 0.15) is 6.92 Å². The van der Waals surface area contributed by atoms with Crippen LogP contribution in [0.5, 0.6) is 0 Å². The Morgan fingerprint density at radius 1 is 1.31 bits per heavy atom. The SMILES string of the molecule is CC1=Nc2c([nH]c(=O)[nH]c2=O)NC1. The first-order valence-electron chi connectivity index (χ1n) is 3.81. The highest BCUT2D eigenvalue weighted by atomic mass is 16.2. The van der Waals surface area contributed by atoms with E-state index in [9.17, 15) is 9.59 Å². The van der Waals surface area contributed by atoms with Crippen LogP contribution in [0.4, 0.5) is 11.5 Å². The zero-order valence-electron chi connectivity index (χ0n) is 6.97. The average molecular weight is 180 g/mol. The largest absolute Gasteiger partial charge is 0.364 e. The van der Waals surface area contributed by atoms with Gasteiger partial charge in [0.25, 0.3) is 5.56 Å². The average Bonchev–Trinajstić information content (AvgIpc) is 2.06. The minimum atomic E-state index is -0.522. The van der Waals surface area contributed by atoms with E-state index in [1.165, 1.54) is 0 Å². The molecule has 6 nitrogen and oxygen atoms in total. The fourth-order valence-corrected chi connectivity index (χ4v) is 1.16. The molecule has 0 atom stereocenters. The molecular weight excluding hydrogens is 172 g/mol. The van der Waals surface area contributed by atoms with E-state index in [1.807, 2.05) is 0 Å². The van der Waals surface area contributed by atoms with E-state index >= 15 is 0 Å². The lowest BCUT2D eigenvalue weighted by molar-refractivity contribution is 1.02. The van der Waals surface area contributed by atoms with Crippen molar-refractivity contribution in [2.45, 2.75) is 6.92 Å². The second-order valence-electron chi connectivity index (χ2n) is 2.83. The summed E-state index contributed by atoms with van der Waals surface area (Å²) in [5.41, 5.74) is 0.0599. The third-order valence-electron chi connectivity index (χ3n) is 1.74. The number of aromatic nitrogens is 2. The summed E-state index contributed by atoms with van der Waals surface area (Å²) in [6.07, 6.45) is 0. The van der Waals surface area contributed by atoms with E-state index in [0.29, 0.717) is 12.4 Å². The summed E-state index contributed by atoms with van der Waals surface area (Å²) < 4.78 is 0. The van der Waals surface area contributed by atoms with Crippen LogP contribution in [0.2, 0.25) is 0 Å². The van der Waals surface area contributed by atoms with E-state index in [-0.39, 0.29) is 5.69 Å². The van der Waals surface area contributed by atoms with Crippen molar-refractivity contribution >= 4 is 17.2 Å². The second-order valence-corrected chi connectivity index (χ2v) is 2.83. The molecule has 2 heterocycles. The Balaban J connectivity index is 2.75. The molecule has 6 heteroatoms. The van der Waals surface area contributed by atoms with Gasteiger partial charge in [-0.1, -0.05) is 0 Å². The van der Waals surface area contributed by atoms with Gasteiger partial charge >= 0.3 is 5.69 Å². The molecule has 68 valence electrons. The Bertz CT molecular complexity index is 482. The van der Waals surface area contributed by atoms with Gasteiger partial charge in [-0.15, -0.1) is 0 Å². The van der Waals surface area contributed by atoms with Crippen molar-refractivity contribution in [2.24, 2.45) is 4.99 Å². The van der Waals surface area contributed by atoms with E-state index in [2.05, 4.69) is 20.3 Å². The number of H-pyrrole nitrogens is 2. The van der Waals surface area contributed by atoms with Gasteiger partial charge in [0, 0.05) is 5.71 Å². The number of aromatic amines is 2. The lowest BCUT2D eigenvalue weighted by Crippen LogP contribution is -2.27. The highest BCUT2D eigenvalue weighted by molar-refractivity contribution is 5.92. The van der Waals surface area contributed by atoms with Crippen LogP contribution in [-0.4, -0.2) is 22.2 Å². The van der Waals surface area contributed by atoms with Gasteiger partial charge in [-0.05, 0) is 6.92 Å². The molecule has 0 spiro atoms. The minimum absolute atomic E-state index is 0.239. The third kappa shape index (κ3) is 1.26. The number of hydrogen-bond acceptors (Lipinski definition) is 4. The van der Waals surface area contributed by atoms with E-state index in [0.717, 1.165) is 5.71 Å². The molecule has 0 amide bonds. The molecular formula is C7H8N4O2. The zero-order valence-corrected chi connectivity index (χ0v) is 6.97. The first-order valence-corrected chi connectivity index (χ1v) is 3.81. The van der Waals surface area contributed by atoms with Gasteiger partial charge in [-0.25, -0.2) is 9.79 Å². The number of rotatable bonds is 0. The van der Waals surface area contributed by atoms with E-state index < -0.39 is 11.2 Å². The minimum Gasteiger partial charge on any atom is -0.364 e. The smallest absolute Gasteiger partial charge is 0.327 e. The Morgan fingerprint density at radius 3 is 2.85 bits per heavy atom. The molecule has 1 aliphatic heterocycles. The summed E-state index contributed by atoms with van der Waals surface area (Å²) in [4.78, 5) is 30.6. The van der Waals surface area contributed by atoms with Gasteiger partial charge in [-0.2, -0.15) is 0 Å². The molecule has 0 unspecified atom stereocenters. The summed E-state index contributed by atoms with van der Waals surface area (Å²) >= 11 is 0. The Labute approximate surface area is 72.7 Å². The maximum Gasteiger partial charge on any atom is 0.327 e. The predicted octanol–water partition coefficient (Wildman–Crippen LogP) is -0.419. The van der Waals surface area contributed by atoms with Gasteiger partial charge < -0.3 is 5.32 Å². The summed E-state index contributed by atoms with van der Waals surface area (Å²) in [7, 11) is 0. The number of anilines is 1. The second kappa shape index (κ2) is 2.58. The number of fused-ring (bicyclic) bond motifs is 1. The molecule has 0 radical (unpaired) electrons. The monoisotopic (exact) mass is 180 g/mol. The van der Waals surface area contributed by atoms with Crippen molar-refractivity contribution in [3.63, 3.8) is 0 Å². The standard InChI is InChI=1S/C7H8N4O2/c1-3-2-8-5-4(9-3)6(12)11-7(13)10-5/h2H2,1H3,(H3,8,10,11,12,13). The fourth-order valence-electron chi connectivity index (χ4n) is 1.16. The summed E-state index contributed by atoms with van der Waals surface area (Å²) in [5.74, 6) is 0.388. The highest BCUT2D eigenvalue weighted by Gasteiger charge is 2.12. The maximum absolute atomic E-state index is 11.2. The van der Waals surface area contributed by atoms with Gasteiger partial charge in [0.15, 0.2) is 5.69 Å². The molecule has 1 aromatic rings. The van der Waals surface area contributed by atoms with Gasteiger partial charge in [-0.3, -0.25) is 14.8 Å². The summed E-state index contributed by atoms with van der Waals surface area (Å²) in [6, 6.07) is 0. The molecule has 0 saturated carbocycles. The fraction of sp³-hybridized carbons (Fsp3) is 0.286. The van der Waals surface area contributed by atoms with Crippen molar-refractivity contribution in [1.82, 2.24) is 9.97 Å². The van der Waals surface area contributed by atoms with Gasteiger partial charge in [0.1, 0.15) is 5.82 Å². The van der Waals surface area contributed by atoms with E-state index in [1.54, 1.807) is 6.92 Å². The quantitative estimate of drug-likeness (QED) is 0.506. The first kappa shape index (κ1) is 7.78. The molecule has 0 saturated heterocycles. The van der Waals surface area contributed by atoms with Crippen LogP contribution in [0.15, 0.2) is 14.6 Å². The van der Waals surface area contributed by atoms with Crippen LogP contribution in [0.25, 0.3) is 0 Å². The van der Waals surface area contributed by atoms with E-state index in [4.69, 9.17) is 0 Å². The highest BCUT2D eigenvalue weighted by Crippen LogP contribution is 2.18. The lowest BCUT2D eigenvalue weighted by atomic mass is 10.3. The van der Waals surface area contributed by atoms with Crippen molar-refractivity contribution in [2.75, 3.05) is 11.9 Å². The Hall–Kier alpha value is -1.85. The molecule has 13 heavy (non-hydrogen) atoms. The number of nitrogens with one attached hydrogen (secondary N) is 3. The molecule has 2 rings (SSSR count). The number of nitrogens with zero attached hydrogens (tertiary/aromatic N) is 1. The van der Waals surface area contributed by atoms with Crippen molar-refractivity contribution < 1.29 is 0 Å². The van der Waals surface area contributed by atoms with Gasteiger partial charge in [0.05, 0.1) is 6.54 Å². The normalized spacial score (nSPS) is 14.4. The molecule has 0 fully saturated rings. The molecule has 0 bridgehead atoms. The van der Waals surface area contributed by atoms with Crippen molar-refractivity contribution in [1.29, 1.82) is 0 Å². The first-order chi connectivity index (χ1) is 6.16. The molecule has 1 aliphatic rings. The van der Waals surface area contributed by atoms with Crippen LogP contribution in [0, 0.1) is 0 Å². The van der Waals surface area contributed by atoms with Crippen LogP contribution in [-0.2, 0) is 0 Å². The summed E-state index contributed by atoms with van der Waals surface area (Å²) in [5, 5.41) is 2.89. The van der Waals surface area contributed by atoms with Crippen LogP contribution < -0.4 is 16.6 Å². The molecule has 3 N–H and O–H groups in total. The Morgan fingerprint density at radius 2 is 2.08 bits per heavy atom. The van der Waals surface area contributed by atoms with Crippen LogP contribution in [0.3, 0.4) is 0 Å². The van der Waals surface area contributed by atoms with Crippen LogP contribution >= 0.6 is 0 Å². The Kier molecular flexibility index (Phi) is 1.54. The van der Waals surface area contributed by atoms with Crippen molar-refractivity contribution in [3.8, 4) is 0 Å².